The summed E-state index contributed by atoms with van der Waals surface area (Å²) in [6.45, 7) is 0.398. The third-order valence-electron chi connectivity index (χ3n) is 3.67. The SMILES string of the molecule is O=C(NCc1cnc2cnccn12)c1cc(C2CC2)[nH]n1. The van der Waals surface area contributed by atoms with E-state index >= 15 is 0 Å². The van der Waals surface area contributed by atoms with Gasteiger partial charge in [0.05, 0.1) is 24.6 Å². The maximum Gasteiger partial charge on any atom is 0.272 e. The number of hydrogen-bond donors (Lipinski definition) is 2. The number of amides is 1. The van der Waals surface area contributed by atoms with Gasteiger partial charge in [-0.1, -0.05) is 0 Å². The summed E-state index contributed by atoms with van der Waals surface area (Å²) in [7, 11) is 0. The number of imidazole rings is 1. The van der Waals surface area contributed by atoms with Crippen LogP contribution in [0.25, 0.3) is 5.65 Å². The Kier molecular flexibility index (Phi) is 2.70. The Morgan fingerprint density at radius 1 is 1.43 bits per heavy atom. The predicted molar refractivity (Wildman–Crippen MR) is 74.7 cm³/mol. The quantitative estimate of drug-likeness (QED) is 0.754. The maximum atomic E-state index is 12.1. The smallest absolute Gasteiger partial charge is 0.272 e. The van der Waals surface area contributed by atoms with E-state index in [4.69, 9.17) is 0 Å². The number of hydrogen-bond acceptors (Lipinski definition) is 4. The molecule has 2 N–H and O–H groups in total. The van der Waals surface area contributed by atoms with Crippen molar-refractivity contribution in [3.8, 4) is 0 Å². The molecule has 7 heteroatoms. The molecule has 1 saturated carbocycles. The summed E-state index contributed by atoms with van der Waals surface area (Å²) in [6.07, 6.45) is 9.29. The lowest BCUT2D eigenvalue weighted by molar-refractivity contribution is 0.0945. The van der Waals surface area contributed by atoms with Crippen LogP contribution in [0.3, 0.4) is 0 Å². The molecule has 3 heterocycles. The summed E-state index contributed by atoms with van der Waals surface area (Å²) in [4.78, 5) is 20.3. The van der Waals surface area contributed by atoms with Crippen molar-refractivity contribution in [2.45, 2.75) is 25.3 Å². The number of carbonyl (C=O) groups excluding carboxylic acids is 1. The van der Waals surface area contributed by atoms with E-state index in [1.54, 1.807) is 18.6 Å². The number of fused-ring (bicyclic) bond motifs is 1. The summed E-state index contributed by atoms with van der Waals surface area (Å²) in [5.41, 5.74) is 3.16. The first-order valence-electron chi connectivity index (χ1n) is 6.91. The molecule has 1 aliphatic carbocycles. The molecule has 1 aliphatic rings. The number of aromatic amines is 1. The van der Waals surface area contributed by atoms with Gasteiger partial charge in [0.15, 0.2) is 5.65 Å². The lowest BCUT2D eigenvalue weighted by Gasteiger charge is -2.02. The van der Waals surface area contributed by atoms with E-state index in [2.05, 4.69) is 25.5 Å². The van der Waals surface area contributed by atoms with Gasteiger partial charge in [0.1, 0.15) is 5.69 Å². The molecule has 1 fully saturated rings. The van der Waals surface area contributed by atoms with E-state index in [9.17, 15) is 4.79 Å². The van der Waals surface area contributed by atoms with Crippen molar-refractivity contribution in [2.24, 2.45) is 0 Å². The van der Waals surface area contributed by atoms with Crippen LogP contribution >= 0.6 is 0 Å². The Labute approximate surface area is 120 Å². The zero-order valence-corrected chi connectivity index (χ0v) is 11.3. The molecule has 0 aromatic carbocycles. The molecule has 0 bridgehead atoms. The first-order valence-corrected chi connectivity index (χ1v) is 6.91. The van der Waals surface area contributed by atoms with Crippen LogP contribution in [0.4, 0.5) is 0 Å². The Balaban J connectivity index is 1.46. The molecule has 1 amide bonds. The highest BCUT2D eigenvalue weighted by Gasteiger charge is 2.26. The highest BCUT2D eigenvalue weighted by atomic mass is 16.1. The number of nitrogens with zero attached hydrogens (tertiary/aromatic N) is 4. The highest BCUT2D eigenvalue weighted by molar-refractivity contribution is 5.92. The van der Waals surface area contributed by atoms with Crippen molar-refractivity contribution in [3.63, 3.8) is 0 Å². The Bertz CT molecular complexity index is 801. The number of aromatic nitrogens is 5. The average molecular weight is 282 g/mol. The fourth-order valence-corrected chi connectivity index (χ4v) is 2.34. The number of rotatable bonds is 4. The number of H-pyrrole nitrogens is 1. The van der Waals surface area contributed by atoms with Crippen LogP contribution in [-0.2, 0) is 6.54 Å². The van der Waals surface area contributed by atoms with Crippen LogP contribution < -0.4 is 5.32 Å². The minimum absolute atomic E-state index is 0.179. The molecule has 3 aromatic rings. The van der Waals surface area contributed by atoms with Crippen LogP contribution in [0.2, 0.25) is 0 Å². The highest BCUT2D eigenvalue weighted by Crippen LogP contribution is 2.38. The second kappa shape index (κ2) is 4.69. The molecule has 3 aromatic heterocycles. The Morgan fingerprint density at radius 3 is 3.19 bits per heavy atom. The molecular formula is C14H14N6O. The summed E-state index contributed by atoms with van der Waals surface area (Å²) in [6, 6.07) is 1.84. The molecule has 0 aliphatic heterocycles. The molecule has 4 rings (SSSR count). The third kappa shape index (κ3) is 2.26. The summed E-state index contributed by atoms with van der Waals surface area (Å²) < 4.78 is 1.90. The molecule has 0 saturated heterocycles. The fourth-order valence-electron chi connectivity index (χ4n) is 2.34. The van der Waals surface area contributed by atoms with Gasteiger partial charge in [-0.2, -0.15) is 5.10 Å². The van der Waals surface area contributed by atoms with E-state index in [1.807, 2.05) is 16.7 Å². The van der Waals surface area contributed by atoms with Crippen LogP contribution in [0, 0.1) is 0 Å². The second-order valence-corrected chi connectivity index (χ2v) is 5.22. The molecular weight excluding hydrogens is 268 g/mol. The first kappa shape index (κ1) is 12.1. The lowest BCUT2D eigenvalue weighted by atomic mass is 10.2. The maximum absolute atomic E-state index is 12.1. The summed E-state index contributed by atoms with van der Waals surface area (Å²) in [5.74, 6) is 0.382. The zero-order chi connectivity index (χ0) is 14.2. The largest absolute Gasteiger partial charge is 0.345 e. The minimum atomic E-state index is -0.179. The van der Waals surface area contributed by atoms with Crippen molar-refractivity contribution < 1.29 is 4.79 Å². The molecule has 106 valence electrons. The monoisotopic (exact) mass is 282 g/mol. The van der Waals surface area contributed by atoms with Gasteiger partial charge in [-0.05, 0) is 18.9 Å². The van der Waals surface area contributed by atoms with Gasteiger partial charge >= 0.3 is 0 Å². The predicted octanol–water partition coefficient (Wildman–Crippen LogP) is 1.26. The number of carbonyl (C=O) groups is 1. The van der Waals surface area contributed by atoms with Gasteiger partial charge in [-0.25, -0.2) is 4.98 Å². The van der Waals surface area contributed by atoms with Gasteiger partial charge < -0.3 is 5.32 Å². The summed E-state index contributed by atoms with van der Waals surface area (Å²) >= 11 is 0. The van der Waals surface area contributed by atoms with Gasteiger partial charge in [-0.3, -0.25) is 19.3 Å². The molecule has 0 atom stereocenters. The van der Waals surface area contributed by atoms with E-state index in [-0.39, 0.29) is 5.91 Å². The molecule has 0 unspecified atom stereocenters. The van der Waals surface area contributed by atoms with Crippen molar-refractivity contribution in [1.82, 2.24) is 29.9 Å². The van der Waals surface area contributed by atoms with Crippen LogP contribution in [-0.4, -0.2) is 30.5 Å². The van der Waals surface area contributed by atoms with E-state index in [0.29, 0.717) is 18.2 Å². The van der Waals surface area contributed by atoms with Crippen molar-refractivity contribution >= 4 is 11.6 Å². The normalized spacial score (nSPS) is 14.5. The Hall–Kier alpha value is -2.70. The Morgan fingerprint density at radius 2 is 2.33 bits per heavy atom. The first-order chi connectivity index (χ1) is 10.3. The van der Waals surface area contributed by atoms with Crippen LogP contribution in [0.1, 0.15) is 40.6 Å². The van der Waals surface area contributed by atoms with Crippen LogP contribution in [0.5, 0.6) is 0 Å². The standard InChI is InChI=1S/C14H14N6O/c21-14(12-5-11(18-19-12)9-1-2-9)17-7-10-6-16-13-8-15-3-4-20(10)13/h3-6,8-9H,1-2,7H2,(H,17,21)(H,18,19). The lowest BCUT2D eigenvalue weighted by Crippen LogP contribution is -2.23. The molecule has 21 heavy (non-hydrogen) atoms. The van der Waals surface area contributed by atoms with Crippen molar-refractivity contribution in [2.75, 3.05) is 0 Å². The average Bonchev–Trinajstić information content (AvgIpc) is 3.11. The van der Waals surface area contributed by atoms with Gasteiger partial charge in [0, 0.05) is 24.0 Å². The van der Waals surface area contributed by atoms with Gasteiger partial charge in [0.25, 0.3) is 5.91 Å². The number of nitrogens with one attached hydrogen (secondary N) is 2. The van der Waals surface area contributed by atoms with E-state index in [1.165, 1.54) is 12.8 Å². The summed E-state index contributed by atoms with van der Waals surface area (Å²) in [5, 5.41) is 9.87. The van der Waals surface area contributed by atoms with E-state index < -0.39 is 0 Å². The van der Waals surface area contributed by atoms with Gasteiger partial charge in [0.2, 0.25) is 0 Å². The third-order valence-corrected chi connectivity index (χ3v) is 3.67. The zero-order valence-electron chi connectivity index (χ0n) is 11.3. The second-order valence-electron chi connectivity index (χ2n) is 5.22. The van der Waals surface area contributed by atoms with Crippen molar-refractivity contribution in [1.29, 1.82) is 0 Å². The molecule has 0 radical (unpaired) electrons. The van der Waals surface area contributed by atoms with Crippen LogP contribution in [0.15, 0.2) is 30.9 Å². The topological polar surface area (TPSA) is 88.0 Å². The van der Waals surface area contributed by atoms with Crippen molar-refractivity contribution in [3.05, 3.63) is 47.9 Å². The van der Waals surface area contributed by atoms with E-state index in [0.717, 1.165) is 17.0 Å². The van der Waals surface area contributed by atoms with Gasteiger partial charge in [-0.15, -0.1) is 0 Å². The molecule has 7 nitrogen and oxygen atoms in total. The fraction of sp³-hybridized carbons (Fsp3) is 0.286. The minimum Gasteiger partial charge on any atom is -0.345 e. The molecule has 0 spiro atoms.